The molecule has 0 spiro atoms. The second kappa shape index (κ2) is 4.05. The molecule has 0 aromatic heterocycles. The molecule has 1 rings (SSSR count). The van der Waals surface area contributed by atoms with E-state index in [4.69, 9.17) is 5.73 Å². The molecule has 1 aromatic carbocycles. The van der Waals surface area contributed by atoms with E-state index in [2.05, 4.69) is 0 Å². The van der Waals surface area contributed by atoms with Crippen molar-refractivity contribution >= 4 is 0 Å². The van der Waals surface area contributed by atoms with Gasteiger partial charge in [-0.3, -0.25) is 0 Å². The first-order valence-corrected chi connectivity index (χ1v) is 4.63. The van der Waals surface area contributed by atoms with Crippen LogP contribution in [-0.4, -0.2) is 6.54 Å². The van der Waals surface area contributed by atoms with Gasteiger partial charge in [0.25, 0.3) is 0 Å². The summed E-state index contributed by atoms with van der Waals surface area (Å²) in [6.45, 7) is 4.00. The summed E-state index contributed by atoms with van der Waals surface area (Å²) in [6.07, 6.45) is 0.560. The standard InChI is InChI=1S/C11H15F2N/c1-11(2,6-7-14)10-8(12)4-3-5-9(10)13/h3-5H,6-7,14H2,1-2H3. The molecule has 0 radical (unpaired) electrons. The molecular weight excluding hydrogens is 184 g/mol. The number of halogens is 2. The van der Waals surface area contributed by atoms with E-state index < -0.39 is 17.0 Å². The van der Waals surface area contributed by atoms with Crippen LogP contribution in [0.3, 0.4) is 0 Å². The van der Waals surface area contributed by atoms with Gasteiger partial charge in [0.05, 0.1) is 0 Å². The Balaban J connectivity index is 3.17. The van der Waals surface area contributed by atoms with Crippen molar-refractivity contribution in [2.75, 3.05) is 6.54 Å². The second-order valence-corrected chi connectivity index (χ2v) is 4.02. The molecule has 78 valence electrons. The Morgan fingerprint density at radius 1 is 1.21 bits per heavy atom. The number of hydrogen-bond donors (Lipinski definition) is 1. The zero-order valence-electron chi connectivity index (χ0n) is 8.48. The lowest BCUT2D eigenvalue weighted by Gasteiger charge is -2.25. The predicted octanol–water partition coefficient (Wildman–Crippen LogP) is 2.59. The van der Waals surface area contributed by atoms with E-state index in [0.717, 1.165) is 0 Å². The Morgan fingerprint density at radius 2 is 1.71 bits per heavy atom. The second-order valence-electron chi connectivity index (χ2n) is 4.02. The zero-order valence-corrected chi connectivity index (χ0v) is 8.48. The van der Waals surface area contributed by atoms with Crippen molar-refractivity contribution < 1.29 is 8.78 Å². The molecule has 1 aromatic rings. The molecule has 0 saturated carbocycles. The lowest BCUT2D eigenvalue weighted by atomic mass is 9.81. The third kappa shape index (κ3) is 2.10. The topological polar surface area (TPSA) is 26.0 Å². The van der Waals surface area contributed by atoms with Gasteiger partial charge in [0.1, 0.15) is 11.6 Å². The highest BCUT2D eigenvalue weighted by atomic mass is 19.1. The minimum absolute atomic E-state index is 0.130. The molecule has 1 nitrogen and oxygen atoms in total. The van der Waals surface area contributed by atoms with Gasteiger partial charge in [0.2, 0.25) is 0 Å². The molecule has 0 amide bonds. The molecule has 0 unspecified atom stereocenters. The first kappa shape index (κ1) is 11.1. The maximum absolute atomic E-state index is 13.4. The highest BCUT2D eigenvalue weighted by Gasteiger charge is 2.26. The average molecular weight is 199 g/mol. The van der Waals surface area contributed by atoms with Gasteiger partial charge in [-0.15, -0.1) is 0 Å². The summed E-state index contributed by atoms with van der Waals surface area (Å²) in [7, 11) is 0. The first-order chi connectivity index (χ1) is 6.49. The van der Waals surface area contributed by atoms with Crippen molar-refractivity contribution in [3.63, 3.8) is 0 Å². The van der Waals surface area contributed by atoms with Crippen molar-refractivity contribution in [3.8, 4) is 0 Å². The Hall–Kier alpha value is -0.960. The van der Waals surface area contributed by atoms with Gasteiger partial charge >= 0.3 is 0 Å². The Kier molecular flexibility index (Phi) is 3.21. The molecule has 2 N–H and O–H groups in total. The molecule has 0 aliphatic carbocycles. The molecule has 0 saturated heterocycles. The fourth-order valence-electron chi connectivity index (χ4n) is 1.63. The van der Waals surface area contributed by atoms with Crippen molar-refractivity contribution in [3.05, 3.63) is 35.4 Å². The Labute approximate surface area is 82.9 Å². The third-order valence-corrected chi connectivity index (χ3v) is 2.41. The molecule has 0 atom stereocenters. The Morgan fingerprint density at radius 3 is 2.14 bits per heavy atom. The fourth-order valence-corrected chi connectivity index (χ4v) is 1.63. The van der Waals surface area contributed by atoms with Crippen LogP contribution in [0.1, 0.15) is 25.8 Å². The van der Waals surface area contributed by atoms with Crippen LogP contribution in [0.25, 0.3) is 0 Å². The number of benzene rings is 1. The highest BCUT2D eigenvalue weighted by molar-refractivity contribution is 5.27. The first-order valence-electron chi connectivity index (χ1n) is 4.63. The predicted molar refractivity (Wildman–Crippen MR) is 53.1 cm³/mol. The van der Waals surface area contributed by atoms with E-state index in [1.807, 2.05) is 0 Å². The largest absolute Gasteiger partial charge is 0.330 e. The summed E-state index contributed by atoms with van der Waals surface area (Å²) in [5.41, 5.74) is 4.99. The van der Waals surface area contributed by atoms with Crippen LogP contribution in [0.5, 0.6) is 0 Å². The summed E-state index contributed by atoms with van der Waals surface area (Å²) in [6, 6.07) is 3.92. The maximum atomic E-state index is 13.4. The summed E-state index contributed by atoms with van der Waals surface area (Å²) in [4.78, 5) is 0. The third-order valence-electron chi connectivity index (χ3n) is 2.41. The maximum Gasteiger partial charge on any atom is 0.129 e. The summed E-state index contributed by atoms with van der Waals surface area (Å²) in [5, 5.41) is 0. The van der Waals surface area contributed by atoms with E-state index in [0.29, 0.717) is 13.0 Å². The van der Waals surface area contributed by atoms with Gasteiger partial charge in [-0.25, -0.2) is 8.78 Å². The SMILES string of the molecule is CC(C)(CCN)c1c(F)cccc1F. The van der Waals surface area contributed by atoms with E-state index in [9.17, 15) is 8.78 Å². The van der Waals surface area contributed by atoms with Crippen molar-refractivity contribution in [2.45, 2.75) is 25.7 Å². The molecule has 0 fully saturated rings. The summed E-state index contributed by atoms with van der Waals surface area (Å²) >= 11 is 0. The van der Waals surface area contributed by atoms with Crippen LogP contribution in [0.4, 0.5) is 8.78 Å². The monoisotopic (exact) mass is 199 g/mol. The van der Waals surface area contributed by atoms with Crippen LogP contribution in [0, 0.1) is 11.6 Å². The van der Waals surface area contributed by atoms with Crippen molar-refractivity contribution in [1.82, 2.24) is 0 Å². The van der Waals surface area contributed by atoms with E-state index in [1.54, 1.807) is 13.8 Å². The zero-order chi connectivity index (χ0) is 10.8. The van der Waals surface area contributed by atoms with E-state index >= 15 is 0 Å². The van der Waals surface area contributed by atoms with Gasteiger partial charge in [-0.05, 0) is 30.5 Å². The van der Waals surface area contributed by atoms with Gasteiger partial charge in [-0.2, -0.15) is 0 Å². The quantitative estimate of drug-likeness (QED) is 0.795. The van der Waals surface area contributed by atoms with Crippen LogP contribution < -0.4 is 5.73 Å². The van der Waals surface area contributed by atoms with Gasteiger partial charge in [0, 0.05) is 5.56 Å². The van der Waals surface area contributed by atoms with Crippen LogP contribution >= 0.6 is 0 Å². The minimum Gasteiger partial charge on any atom is -0.330 e. The normalized spacial score (nSPS) is 11.8. The lowest BCUT2D eigenvalue weighted by molar-refractivity contribution is 0.425. The molecule has 0 aliphatic rings. The average Bonchev–Trinajstić information content (AvgIpc) is 2.02. The molecule has 0 heterocycles. The smallest absolute Gasteiger partial charge is 0.129 e. The highest BCUT2D eigenvalue weighted by Crippen LogP contribution is 2.30. The van der Waals surface area contributed by atoms with Crippen molar-refractivity contribution in [1.29, 1.82) is 0 Å². The van der Waals surface area contributed by atoms with Gasteiger partial charge in [-0.1, -0.05) is 19.9 Å². The molecule has 3 heteroatoms. The fraction of sp³-hybridized carbons (Fsp3) is 0.455. The number of rotatable bonds is 3. The van der Waals surface area contributed by atoms with Gasteiger partial charge in [0.15, 0.2) is 0 Å². The van der Waals surface area contributed by atoms with Crippen LogP contribution in [-0.2, 0) is 5.41 Å². The van der Waals surface area contributed by atoms with Crippen LogP contribution in [0.2, 0.25) is 0 Å². The van der Waals surface area contributed by atoms with Gasteiger partial charge < -0.3 is 5.73 Å². The Bertz CT molecular complexity index is 301. The van der Waals surface area contributed by atoms with E-state index in [-0.39, 0.29) is 5.56 Å². The summed E-state index contributed by atoms with van der Waals surface area (Å²) < 4.78 is 26.8. The van der Waals surface area contributed by atoms with E-state index in [1.165, 1.54) is 18.2 Å². The minimum atomic E-state index is -0.551. The molecule has 14 heavy (non-hydrogen) atoms. The number of nitrogens with two attached hydrogens (primary N) is 1. The van der Waals surface area contributed by atoms with Crippen LogP contribution in [0.15, 0.2) is 18.2 Å². The molecule has 0 bridgehead atoms. The number of hydrogen-bond acceptors (Lipinski definition) is 1. The van der Waals surface area contributed by atoms with Crippen molar-refractivity contribution in [2.24, 2.45) is 5.73 Å². The molecule has 0 aliphatic heterocycles. The summed E-state index contributed by atoms with van der Waals surface area (Å²) in [5.74, 6) is -0.994. The lowest BCUT2D eigenvalue weighted by Crippen LogP contribution is -2.24. The molecular formula is C11H15F2N.